The van der Waals surface area contributed by atoms with Crippen LogP contribution in [0.4, 0.5) is 0 Å². The number of rotatable bonds is 5. The van der Waals surface area contributed by atoms with Gasteiger partial charge >= 0.3 is 0 Å². The van der Waals surface area contributed by atoms with Gasteiger partial charge in [-0.05, 0) is 42.3 Å². The second-order valence-corrected chi connectivity index (χ2v) is 4.68. The number of nitrogens with one attached hydrogen (secondary N) is 1. The van der Waals surface area contributed by atoms with Gasteiger partial charge in [-0.15, -0.1) is 11.8 Å². The van der Waals surface area contributed by atoms with Crippen molar-refractivity contribution in [2.24, 2.45) is 0 Å². The molecule has 0 saturated carbocycles. The van der Waals surface area contributed by atoms with E-state index < -0.39 is 0 Å². The maximum atomic E-state index is 3.55. The van der Waals surface area contributed by atoms with Gasteiger partial charge in [0, 0.05) is 12.5 Å². The fraction of sp³-hybridized carbons (Fsp3) is 0.333. The highest BCUT2D eigenvalue weighted by Gasteiger charge is 2.09. The zero-order chi connectivity index (χ0) is 13.5. The molecule has 0 aliphatic carbocycles. The first-order valence-electron chi connectivity index (χ1n) is 6.97. The molecule has 2 aromatic rings. The predicted octanol–water partition coefficient (Wildman–Crippen LogP) is 4.29. The van der Waals surface area contributed by atoms with Crippen molar-refractivity contribution in [1.82, 2.24) is 5.32 Å². The van der Waals surface area contributed by atoms with E-state index in [-0.39, 0.29) is 0 Å². The van der Waals surface area contributed by atoms with E-state index in [4.69, 9.17) is 0 Å². The van der Waals surface area contributed by atoms with Crippen LogP contribution in [0.5, 0.6) is 0 Å². The molecular formula is C18H21N. The second-order valence-electron chi connectivity index (χ2n) is 4.68. The topological polar surface area (TPSA) is 12.0 Å². The highest BCUT2D eigenvalue weighted by molar-refractivity contribution is 5.83. The average molecular weight is 251 g/mol. The van der Waals surface area contributed by atoms with Gasteiger partial charge < -0.3 is 5.32 Å². The van der Waals surface area contributed by atoms with Gasteiger partial charge in [-0.2, -0.15) is 0 Å². The maximum Gasteiger partial charge on any atom is 0.0329 e. The van der Waals surface area contributed by atoms with E-state index in [9.17, 15) is 0 Å². The average Bonchev–Trinajstić information content (AvgIpc) is 2.46. The summed E-state index contributed by atoms with van der Waals surface area (Å²) >= 11 is 0. The standard InChI is InChI=1S/C18H21N/c1-3-5-6-11-18(19-4-2)17-13-12-15-9-7-8-10-16(15)14-17/h7-10,12-14,18-19H,4,6,11H2,1-2H3. The smallest absolute Gasteiger partial charge is 0.0329 e. The van der Waals surface area contributed by atoms with E-state index in [0.717, 1.165) is 19.4 Å². The molecule has 98 valence electrons. The molecule has 0 aromatic heterocycles. The summed E-state index contributed by atoms with van der Waals surface area (Å²) in [4.78, 5) is 0. The summed E-state index contributed by atoms with van der Waals surface area (Å²) in [5, 5.41) is 6.17. The third-order valence-corrected chi connectivity index (χ3v) is 3.36. The highest BCUT2D eigenvalue weighted by atomic mass is 14.9. The monoisotopic (exact) mass is 251 g/mol. The molecule has 0 spiro atoms. The lowest BCUT2D eigenvalue weighted by Crippen LogP contribution is -2.20. The molecule has 0 aliphatic heterocycles. The van der Waals surface area contributed by atoms with Crippen molar-refractivity contribution in [1.29, 1.82) is 0 Å². The molecule has 0 radical (unpaired) electrons. The minimum Gasteiger partial charge on any atom is -0.310 e. The number of benzene rings is 2. The third-order valence-electron chi connectivity index (χ3n) is 3.36. The zero-order valence-corrected chi connectivity index (χ0v) is 11.7. The minimum atomic E-state index is 0.399. The van der Waals surface area contributed by atoms with Crippen molar-refractivity contribution in [2.75, 3.05) is 6.54 Å². The summed E-state index contributed by atoms with van der Waals surface area (Å²) in [6, 6.07) is 15.6. The largest absolute Gasteiger partial charge is 0.310 e. The lowest BCUT2D eigenvalue weighted by atomic mass is 9.98. The Balaban J connectivity index is 2.23. The Hall–Kier alpha value is -1.78. The minimum absolute atomic E-state index is 0.399. The normalized spacial score (nSPS) is 11.9. The lowest BCUT2D eigenvalue weighted by Gasteiger charge is -2.18. The quantitative estimate of drug-likeness (QED) is 0.781. The highest BCUT2D eigenvalue weighted by Crippen LogP contribution is 2.23. The van der Waals surface area contributed by atoms with Crippen molar-refractivity contribution >= 4 is 10.8 Å². The van der Waals surface area contributed by atoms with Crippen LogP contribution in [0.2, 0.25) is 0 Å². The summed E-state index contributed by atoms with van der Waals surface area (Å²) in [7, 11) is 0. The van der Waals surface area contributed by atoms with Crippen LogP contribution < -0.4 is 5.32 Å². The Morgan fingerprint density at radius 3 is 2.63 bits per heavy atom. The van der Waals surface area contributed by atoms with Crippen LogP contribution in [0.3, 0.4) is 0 Å². The first-order chi connectivity index (χ1) is 9.35. The summed E-state index contributed by atoms with van der Waals surface area (Å²) in [6.45, 7) is 5.04. The van der Waals surface area contributed by atoms with Crippen LogP contribution in [0.1, 0.15) is 38.3 Å². The number of hydrogen-bond acceptors (Lipinski definition) is 1. The van der Waals surface area contributed by atoms with Gasteiger partial charge in [-0.25, -0.2) is 0 Å². The molecule has 0 amide bonds. The van der Waals surface area contributed by atoms with E-state index in [1.165, 1.54) is 16.3 Å². The summed E-state index contributed by atoms with van der Waals surface area (Å²) in [5.41, 5.74) is 1.36. The Labute approximate surface area is 116 Å². The van der Waals surface area contributed by atoms with Crippen LogP contribution in [-0.4, -0.2) is 6.54 Å². The molecule has 1 heteroatoms. The summed E-state index contributed by atoms with van der Waals surface area (Å²) < 4.78 is 0. The van der Waals surface area contributed by atoms with Gasteiger partial charge in [0.05, 0.1) is 0 Å². The third kappa shape index (κ3) is 3.59. The molecule has 2 aromatic carbocycles. The molecule has 0 aliphatic rings. The molecule has 2 rings (SSSR count). The van der Waals surface area contributed by atoms with Gasteiger partial charge in [-0.1, -0.05) is 43.3 Å². The molecule has 0 fully saturated rings. The number of fused-ring (bicyclic) bond motifs is 1. The van der Waals surface area contributed by atoms with E-state index in [0.29, 0.717) is 6.04 Å². The molecule has 1 N–H and O–H groups in total. The van der Waals surface area contributed by atoms with Crippen LogP contribution in [0.25, 0.3) is 10.8 Å². The van der Waals surface area contributed by atoms with E-state index in [2.05, 4.69) is 66.5 Å². The van der Waals surface area contributed by atoms with Crippen molar-refractivity contribution in [3.63, 3.8) is 0 Å². The summed E-state index contributed by atoms with van der Waals surface area (Å²) in [5.74, 6) is 6.12. The van der Waals surface area contributed by atoms with Gasteiger partial charge in [0.15, 0.2) is 0 Å². The van der Waals surface area contributed by atoms with Crippen LogP contribution in [-0.2, 0) is 0 Å². The molecule has 1 atom stereocenters. The fourth-order valence-electron chi connectivity index (χ4n) is 2.40. The fourth-order valence-corrected chi connectivity index (χ4v) is 2.40. The Kier molecular flexibility index (Phi) is 5.01. The Morgan fingerprint density at radius 2 is 1.89 bits per heavy atom. The van der Waals surface area contributed by atoms with Crippen molar-refractivity contribution in [2.45, 2.75) is 32.7 Å². The molecule has 1 nitrogen and oxygen atoms in total. The van der Waals surface area contributed by atoms with Crippen molar-refractivity contribution in [3.8, 4) is 11.8 Å². The van der Waals surface area contributed by atoms with Gasteiger partial charge in [0.2, 0.25) is 0 Å². The first-order valence-corrected chi connectivity index (χ1v) is 6.97. The van der Waals surface area contributed by atoms with E-state index >= 15 is 0 Å². The molecule has 0 bridgehead atoms. The second kappa shape index (κ2) is 6.97. The molecule has 19 heavy (non-hydrogen) atoms. The first kappa shape index (κ1) is 13.6. The summed E-state index contributed by atoms with van der Waals surface area (Å²) in [6.07, 6.45) is 2.01. The molecule has 0 heterocycles. The van der Waals surface area contributed by atoms with Gasteiger partial charge in [-0.3, -0.25) is 0 Å². The lowest BCUT2D eigenvalue weighted by molar-refractivity contribution is 0.523. The predicted molar refractivity (Wildman–Crippen MR) is 83.0 cm³/mol. The SMILES string of the molecule is CC#CCCC(NCC)c1ccc2ccccc2c1. The maximum absolute atomic E-state index is 3.55. The van der Waals surface area contributed by atoms with Gasteiger partial charge in [0.25, 0.3) is 0 Å². The van der Waals surface area contributed by atoms with E-state index in [1.54, 1.807) is 0 Å². The molecule has 0 saturated heterocycles. The molecular weight excluding hydrogens is 230 g/mol. The van der Waals surface area contributed by atoms with Crippen LogP contribution >= 0.6 is 0 Å². The van der Waals surface area contributed by atoms with E-state index in [1.807, 2.05) is 6.92 Å². The number of hydrogen-bond donors (Lipinski definition) is 1. The zero-order valence-electron chi connectivity index (χ0n) is 11.7. The van der Waals surface area contributed by atoms with Crippen LogP contribution in [0, 0.1) is 11.8 Å². The van der Waals surface area contributed by atoms with Gasteiger partial charge in [0.1, 0.15) is 0 Å². The Bertz CT molecular complexity index is 589. The van der Waals surface area contributed by atoms with Crippen molar-refractivity contribution in [3.05, 3.63) is 48.0 Å². The van der Waals surface area contributed by atoms with Crippen molar-refractivity contribution < 1.29 is 0 Å². The molecule has 1 unspecified atom stereocenters. The van der Waals surface area contributed by atoms with Crippen LogP contribution in [0.15, 0.2) is 42.5 Å². The Morgan fingerprint density at radius 1 is 1.11 bits per heavy atom.